The van der Waals surface area contributed by atoms with Crippen molar-refractivity contribution in [3.8, 4) is 11.5 Å². The van der Waals surface area contributed by atoms with Crippen LogP contribution < -0.4 is 14.8 Å². The van der Waals surface area contributed by atoms with Gasteiger partial charge in [0.05, 0.1) is 26.2 Å². The van der Waals surface area contributed by atoms with Gasteiger partial charge in [0.2, 0.25) is 11.8 Å². The summed E-state index contributed by atoms with van der Waals surface area (Å²) in [5.41, 5.74) is 1.75. The van der Waals surface area contributed by atoms with Gasteiger partial charge in [0.25, 0.3) is 0 Å². The van der Waals surface area contributed by atoms with Crippen LogP contribution >= 0.6 is 0 Å². The first-order valence-corrected chi connectivity index (χ1v) is 10.6. The molecule has 1 fully saturated rings. The third kappa shape index (κ3) is 5.34. The van der Waals surface area contributed by atoms with Crippen LogP contribution in [0.3, 0.4) is 0 Å². The highest BCUT2D eigenvalue weighted by atomic mass is 16.5. The number of piperidine rings is 1. The first kappa shape index (κ1) is 22.6. The van der Waals surface area contributed by atoms with Crippen LogP contribution in [0.5, 0.6) is 11.5 Å². The predicted molar refractivity (Wildman–Crippen MR) is 118 cm³/mol. The van der Waals surface area contributed by atoms with Crippen molar-refractivity contribution in [2.45, 2.75) is 39.3 Å². The van der Waals surface area contributed by atoms with Crippen LogP contribution in [0, 0.1) is 11.8 Å². The molecule has 2 heterocycles. The monoisotopic (exact) mass is 425 g/mol. The van der Waals surface area contributed by atoms with E-state index >= 15 is 0 Å². The number of hydrogen-bond donors (Lipinski definition) is 1. The smallest absolute Gasteiger partial charge is 0.225 e. The maximum Gasteiger partial charge on any atom is 0.225 e. The number of pyridine rings is 1. The average molecular weight is 426 g/mol. The Hall–Kier alpha value is -3.09. The quantitative estimate of drug-likeness (QED) is 0.702. The number of carbonyl (C=O) groups is 2. The van der Waals surface area contributed by atoms with Crippen LogP contribution in [0.1, 0.15) is 43.9 Å². The molecule has 1 aliphatic heterocycles. The predicted octanol–water partition coefficient (Wildman–Crippen LogP) is 3.35. The SMILES string of the molecule is COc1ccc(CNC(=O)C2CCC(=O)N(CC(C)C)C2c2cccnc2)c(OC)c1. The highest BCUT2D eigenvalue weighted by Crippen LogP contribution is 2.37. The van der Waals surface area contributed by atoms with Gasteiger partial charge in [-0.15, -0.1) is 0 Å². The van der Waals surface area contributed by atoms with Crippen molar-refractivity contribution < 1.29 is 19.1 Å². The van der Waals surface area contributed by atoms with Gasteiger partial charge in [-0.2, -0.15) is 0 Å². The molecule has 31 heavy (non-hydrogen) atoms. The van der Waals surface area contributed by atoms with E-state index in [0.29, 0.717) is 43.3 Å². The maximum absolute atomic E-state index is 13.3. The fourth-order valence-corrected chi connectivity index (χ4v) is 4.11. The molecule has 2 atom stereocenters. The average Bonchev–Trinajstić information content (AvgIpc) is 2.78. The fraction of sp³-hybridized carbons (Fsp3) is 0.458. The van der Waals surface area contributed by atoms with E-state index in [2.05, 4.69) is 24.1 Å². The van der Waals surface area contributed by atoms with Crippen LogP contribution in [-0.4, -0.2) is 42.5 Å². The van der Waals surface area contributed by atoms with Crippen molar-refractivity contribution >= 4 is 11.8 Å². The molecule has 1 saturated heterocycles. The van der Waals surface area contributed by atoms with Crippen molar-refractivity contribution in [1.82, 2.24) is 15.2 Å². The number of likely N-dealkylation sites (tertiary alicyclic amines) is 1. The molecule has 2 amide bonds. The number of nitrogens with zero attached hydrogens (tertiary/aromatic N) is 2. The number of methoxy groups -OCH3 is 2. The van der Waals surface area contributed by atoms with E-state index in [0.717, 1.165) is 11.1 Å². The molecule has 0 radical (unpaired) electrons. The number of ether oxygens (including phenoxy) is 2. The van der Waals surface area contributed by atoms with Gasteiger partial charge < -0.3 is 19.7 Å². The molecule has 3 rings (SSSR count). The zero-order valence-corrected chi connectivity index (χ0v) is 18.6. The molecule has 7 nitrogen and oxygen atoms in total. The second-order valence-corrected chi connectivity index (χ2v) is 8.21. The number of amides is 2. The van der Waals surface area contributed by atoms with Crippen LogP contribution in [-0.2, 0) is 16.1 Å². The third-order valence-electron chi connectivity index (χ3n) is 5.58. The lowest BCUT2D eigenvalue weighted by atomic mass is 9.83. The largest absolute Gasteiger partial charge is 0.497 e. The van der Waals surface area contributed by atoms with Gasteiger partial charge in [-0.3, -0.25) is 14.6 Å². The summed E-state index contributed by atoms with van der Waals surface area (Å²) in [4.78, 5) is 32.1. The van der Waals surface area contributed by atoms with Gasteiger partial charge in [0.15, 0.2) is 0 Å². The van der Waals surface area contributed by atoms with E-state index in [1.807, 2.05) is 29.2 Å². The molecular formula is C24H31N3O4. The molecule has 2 aromatic rings. The second-order valence-electron chi connectivity index (χ2n) is 8.21. The van der Waals surface area contributed by atoms with Gasteiger partial charge in [-0.25, -0.2) is 0 Å². The van der Waals surface area contributed by atoms with Crippen molar-refractivity contribution in [3.05, 3.63) is 53.9 Å². The van der Waals surface area contributed by atoms with Crippen molar-refractivity contribution in [1.29, 1.82) is 0 Å². The van der Waals surface area contributed by atoms with E-state index in [4.69, 9.17) is 9.47 Å². The zero-order chi connectivity index (χ0) is 22.4. The summed E-state index contributed by atoms with van der Waals surface area (Å²) < 4.78 is 10.7. The molecule has 166 valence electrons. The zero-order valence-electron chi connectivity index (χ0n) is 18.6. The van der Waals surface area contributed by atoms with Gasteiger partial charge in [0.1, 0.15) is 11.5 Å². The van der Waals surface area contributed by atoms with Crippen molar-refractivity contribution in [3.63, 3.8) is 0 Å². The van der Waals surface area contributed by atoms with E-state index in [-0.39, 0.29) is 23.8 Å². The fourth-order valence-electron chi connectivity index (χ4n) is 4.11. The molecule has 1 aromatic carbocycles. The Morgan fingerprint density at radius 3 is 2.71 bits per heavy atom. The molecule has 0 saturated carbocycles. The minimum Gasteiger partial charge on any atom is -0.497 e. The summed E-state index contributed by atoms with van der Waals surface area (Å²) in [6, 6.07) is 8.98. The number of rotatable bonds is 8. The van der Waals surface area contributed by atoms with Crippen LogP contribution in [0.2, 0.25) is 0 Å². The molecule has 7 heteroatoms. The lowest BCUT2D eigenvalue weighted by Gasteiger charge is -2.41. The standard InChI is InChI=1S/C24H31N3O4/c1-16(2)15-27-22(28)10-9-20(23(27)18-6-5-11-25-13-18)24(29)26-14-17-7-8-19(30-3)12-21(17)31-4/h5-8,11-13,16,20,23H,9-10,14-15H2,1-4H3,(H,26,29). The van der Waals surface area contributed by atoms with E-state index in [9.17, 15) is 9.59 Å². The summed E-state index contributed by atoms with van der Waals surface area (Å²) in [6.45, 7) is 5.09. The van der Waals surface area contributed by atoms with Crippen LogP contribution in [0.15, 0.2) is 42.7 Å². The summed E-state index contributed by atoms with van der Waals surface area (Å²) >= 11 is 0. The van der Waals surface area contributed by atoms with Crippen LogP contribution in [0.25, 0.3) is 0 Å². The van der Waals surface area contributed by atoms with Gasteiger partial charge in [-0.1, -0.05) is 19.9 Å². The summed E-state index contributed by atoms with van der Waals surface area (Å²) in [5.74, 6) is 1.32. The Bertz CT molecular complexity index is 901. The molecule has 0 bridgehead atoms. The first-order valence-electron chi connectivity index (χ1n) is 10.6. The Balaban J connectivity index is 1.82. The van der Waals surface area contributed by atoms with Crippen molar-refractivity contribution in [2.75, 3.05) is 20.8 Å². The van der Waals surface area contributed by atoms with E-state index in [1.165, 1.54) is 0 Å². The molecule has 2 unspecified atom stereocenters. The minimum atomic E-state index is -0.343. The minimum absolute atomic E-state index is 0.0759. The topological polar surface area (TPSA) is 80.8 Å². The number of nitrogens with one attached hydrogen (secondary N) is 1. The second kappa shape index (κ2) is 10.3. The number of hydrogen-bond acceptors (Lipinski definition) is 5. The Kier molecular flexibility index (Phi) is 7.50. The first-order chi connectivity index (χ1) is 14.9. The van der Waals surface area contributed by atoms with Gasteiger partial charge in [0, 0.05) is 43.5 Å². The van der Waals surface area contributed by atoms with Crippen LogP contribution in [0.4, 0.5) is 0 Å². The highest BCUT2D eigenvalue weighted by molar-refractivity contribution is 5.85. The van der Waals surface area contributed by atoms with Gasteiger partial charge in [-0.05, 0) is 36.1 Å². The number of aromatic nitrogens is 1. The van der Waals surface area contributed by atoms with E-state index < -0.39 is 0 Å². The number of benzene rings is 1. The van der Waals surface area contributed by atoms with Crippen molar-refractivity contribution in [2.24, 2.45) is 11.8 Å². The van der Waals surface area contributed by atoms with Gasteiger partial charge >= 0.3 is 0 Å². The third-order valence-corrected chi connectivity index (χ3v) is 5.58. The number of carbonyl (C=O) groups excluding carboxylic acids is 2. The Labute approximate surface area is 183 Å². The summed E-state index contributed by atoms with van der Waals surface area (Å²) in [6.07, 6.45) is 4.33. The molecule has 1 N–H and O–H groups in total. The van der Waals surface area contributed by atoms with E-state index in [1.54, 1.807) is 32.7 Å². The Morgan fingerprint density at radius 1 is 1.26 bits per heavy atom. The molecule has 0 aliphatic carbocycles. The summed E-state index contributed by atoms with van der Waals surface area (Å²) in [7, 11) is 3.19. The maximum atomic E-state index is 13.3. The molecule has 1 aliphatic rings. The molecule has 1 aromatic heterocycles. The normalized spacial score (nSPS) is 18.7. The summed E-state index contributed by atoms with van der Waals surface area (Å²) in [5, 5.41) is 3.05. The highest BCUT2D eigenvalue weighted by Gasteiger charge is 2.40. The lowest BCUT2D eigenvalue weighted by molar-refractivity contribution is -0.144. The Morgan fingerprint density at radius 2 is 2.06 bits per heavy atom. The molecular weight excluding hydrogens is 394 g/mol. The lowest BCUT2D eigenvalue weighted by Crippen LogP contribution is -2.49. The molecule has 0 spiro atoms.